The molecule has 1 aliphatic rings. The summed E-state index contributed by atoms with van der Waals surface area (Å²) in [7, 11) is 5.72. The molecule has 1 fully saturated rings. The van der Waals surface area contributed by atoms with Crippen molar-refractivity contribution in [3.63, 3.8) is 0 Å². The van der Waals surface area contributed by atoms with Crippen molar-refractivity contribution >= 4 is 17.8 Å². The molecule has 0 aliphatic carbocycles. The summed E-state index contributed by atoms with van der Waals surface area (Å²) in [6.45, 7) is 0.829. The van der Waals surface area contributed by atoms with Gasteiger partial charge in [-0.3, -0.25) is 0 Å². The number of hydrogen-bond acceptors (Lipinski definition) is 7. The van der Waals surface area contributed by atoms with Gasteiger partial charge in [0.15, 0.2) is 0 Å². The van der Waals surface area contributed by atoms with E-state index in [1.807, 2.05) is 38.0 Å². The molecule has 2 rings (SSSR count). The average molecular weight is 313 g/mol. The number of rotatable bonds is 7. The number of hydrazine groups is 1. The summed E-state index contributed by atoms with van der Waals surface area (Å²) in [6, 6.07) is 4.54. The Balaban J connectivity index is 1.67. The van der Waals surface area contributed by atoms with Gasteiger partial charge in [-0.15, -0.1) is 0 Å². The zero-order valence-corrected chi connectivity index (χ0v) is 13.5. The van der Waals surface area contributed by atoms with E-state index in [0.717, 1.165) is 36.0 Å². The Bertz CT molecular complexity index is 477. The van der Waals surface area contributed by atoms with Crippen molar-refractivity contribution in [1.29, 1.82) is 0 Å². The highest BCUT2D eigenvalue weighted by atomic mass is 32.2. The summed E-state index contributed by atoms with van der Waals surface area (Å²) in [5.41, 5.74) is 0. The molecule has 8 heteroatoms. The number of nitrogens with two attached hydrogens (primary N) is 1. The zero-order chi connectivity index (χ0) is 15.2. The van der Waals surface area contributed by atoms with Crippen LogP contribution in [0.5, 0.6) is 0 Å². The summed E-state index contributed by atoms with van der Waals surface area (Å²) in [6.07, 6.45) is 0.836. The number of aliphatic imine (C=N–C) groups is 1. The Morgan fingerprint density at radius 2 is 2.19 bits per heavy atom. The van der Waals surface area contributed by atoms with Crippen LogP contribution in [0.3, 0.4) is 0 Å². The second-order valence-electron chi connectivity index (χ2n) is 5.09. The van der Waals surface area contributed by atoms with Gasteiger partial charge in [0.05, 0.1) is 12.3 Å². The lowest BCUT2D eigenvalue weighted by Crippen LogP contribution is -2.40. The number of hydroxylamine groups is 1. The summed E-state index contributed by atoms with van der Waals surface area (Å²) >= 11 is 1.81. The third kappa shape index (κ3) is 4.92. The van der Waals surface area contributed by atoms with Gasteiger partial charge in [-0.05, 0) is 38.4 Å². The van der Waals surface area contributed by atoms with Gasteiger partial charge >= 0.3 is 6.02 Å². The smallest absolute Gasteiger partial charge is 0.308 e. The van der Waals surface area contributed by atoms with Gasteiger partial charge in [0.2, 0.25) is 0 Å². The highest BCUT2D eigenvalue weighted by Gasteiger charge is 2.27. The highest BCUT2D eigenvalue weighted by Crippen LogP contribution is 2.18. The first kappa shape index (κ1) is 16.2. The molecule has 7 nitrogen and oxygen atoms in total. The van der Waals surface area contributed by atoms with Crippen molar-refractivity contribution < 1.29 is 9.25 Å². The van der Waals surface area contributed by atoms with Crippen LogP contribution in [0.15, 0.2) is 21.5 Å². The van der Waals surface area contributed by atoms with Crippen LogP contribution in [-0.2, 0) is 17.1 Å². The molecule has 1 atom stereocenters. The average Bonchev–Trinajstić information content (AvgIpc) is 3.01. The molecule has 0 amide bonds. The fourth-order valence-corrected chi connectivity index (χ4v) is 2.86. The van der Waals surface area contributed by atoms with Crippen molar-refractivity contribution in [2.24, 2.45) is 10.8 Å². The van der Waals surface area contributed by atoms with Crippen LogP contribution in [0.4, 0.5) is 0 Å². The first-order chi connectivity index (χ1) is 10.1. The minimum Gasteiger partial charge on any atom is -0.464 e. The molecule has 0 saturated carbocycles. The summed E-state index contributed by atoms with van der Waals surface area (Å²) < 4.78 is 5.77. The number of furan rings is 1. The predicted molar refractivity (Wildman–Crippen MR) is 84.3 cm³/mol. The van der Waals surface area contributed by atoms with Crippen molar-refractivity contribution in [2.75, 3.05) is 26.9 Å². The largest absolute Gasteiger partial charge is 0.464 e. The standard InChI is InChI=1S/C13H23N5O2S/c1-15-13-16-12(18(14)20-13)6-7-21-9-11-5-4-10(19-11)8-17(2)3/h4-5,12H,6-9,14H2,1-3H3,(H,15,16). The van der Waals surface area contributed by atoms with Crippen molar-refractivity contribution in [3.8, 4) is 0 Å². The van der Waals surface area contributed by atoms with Gasteiger partial charge in [0, 0.05) is 7.05 Å². The molecular weight excluding hydrogens is 290 g/mol. The van der Waals surface area contributed by atoms with Gasteiger partial charge < -0.3 is 19.5 Å². The Kier molecular flexibility index (Phi) is 5.92. The van der Waals surface area contributed by atoms with Gasteiger partial charge in [0.25, 0.3) is 0 Å². The zero-order valence-electron chi connectivity index (χ0n) is 12.7. The number of nitrogens with one attached hydrogen (secondary N) is 1. The molecule has 0 bridgehead atoms. The molecule has 3 N–H and O–H groups in total. The second kappa shape index (κ2) is 7.69. The fourth-order valence-electron chi connectivity index (χ4n) is 1.97. The number of nitrogens with zero attached hydrogens (tertiary/aromatic N) is 3. The maximum atomic E-state index is 5.77. The molecule has 2 heterocycles. The molecule has 118 valence electrons. The fraction of sp³-hybridized carbons (Fsp3) is 0.615. The van der Waals surface area contributed by atoms with E-state index in [2.05, 4.69) is 15.2 Å². The first-order valence-electron chi connectivity index (χ1n) is 6.83. The number of hydrogen-bond donors (Lipinski definition) is 2. The lowest BCUT2D eigenvalue weighted by atomic mass is 10.4. The predicted octanol–water partition coefficient (Wildman–Crippen LogP) is 0.987. The lowest BCUT2D eigenvalue weighted by Gasteiger charge is -2.13. The minimum atomic E-state index is -0.0305. The van der Waals surface area contributed by atoms with E-state index in [0.29, 0.717) is 6.02 Å². The summed E-state index contributed by atoms with van der Waals surface area (Å²) in [5.74, 6) is 9.54. The molecule has 0 radical (unpaired) electrons. The maximum absolute atomic E-state index is 5.77. The molecule has 1 unspecified atom stereocenters. The van der Waals surface area contributed by atoms with E-state index in [1.165, 1.54) is 5.17 Å². The SMILES string of the molecule is CN=C1NC(CCSCc2ccc(CN(C)C)o2)N(N)O1. The maximum Gasteiger partial charge on any atom is 0.308 e. The first-order valence-corrected chi connectivity index (χ1v) is 7.99. The Morgan fingerprint density at radius 1 is 1.43 bits per heavy atom. The number of amidine groups is 1. The number of thioether (sulfide) groups is 1. The van der Waals surface area contributed by atoms with Gasteiger partial charge in [0.1, 0.15) is 17.7 Å². The van der Waals surface area contributed by atoms with Gasteiger partial charge in [-0.25, -0.2) is 10.8 Å². The quantitative estimate of drug-likeness (QED) is 0.574. The molecule has 1 aromatic rings. The van der Waals surface area contributed by atoms with Crippen LogP contribution in [0, 0.1) is 0 Å². The molecule has 1 saturated heterocycles. The van der Waals surface area contributed by atoms with Crippen LogP contribution in [0.25, 0.3) is 0 Å². The monoisotopic (exact) mass is 313 g/mol. The summed E-state index contributed by atoms with van der Waals surface area (Å²) in [5, 5.41) is 4.41. The Labute approximate surface area is 129 Å². The summed E-state index contributed by atoms with van der Waals surface area (Å²) in [4.78, 5) is 11.2. The van der Waals surface area contributed by atoms with Gasteiger partial charge in [-0.2, -0.15) is 11.8 Å². The van der Waals surface area contributed by atoms with E-state index < -0.39 is 0 Å². The highest BCUT2D eigenvalue weighted by molar-refractivity contribution is 7.98. The van der Waals surface area contributed by atoms with Crippen molar-refractivity contribution in [2.45, 2.75) is 24.9 Å². The van der Waals surface area contributed by atoms with E-state index in [-0.39, 0.29) is 6.17 Å². The Hall–Kier alpha value is -1.22. The molecule has 1 aliphatic heterocycles. The van der Waals surface area contributed by atoms with Crippen LogP contribution in [0.1, 0.15) is 17.9 Å². The van der Waals surface area contributed by atoms with Crippen molar-refractivity contribution in [1.82, 2.24) is 15.4 Å². The van der Waals surface area contributed by atoms with Crippen LogP contribution >= 0.6 is 11.8 Å². The second-order valence-corrected chi connectivity index (χ2v) is 6.19. The third-order valence-electron chi connectivity index (χ3n) is 2.96. The van der Waals surface area contributed by atoms with Crippen LogP contribution in [0.2, 0.25) is 0 Å². The molecule has 0 spiro atoms. The topological polar surface area (TPSA) is 79.3 Å². The Morgan fingerprint density at radius 3 is 2.86 bits per heavy atom. The minimum absolute atomic E-state index is 0.0305. The third-order valence-corrected chi connectivity index (χ3v) is 3.97. The van der Waals surface area contributed by atoms with Gasteiger partial charge in [-0.1, -0.05) is 5.17 Å². The van der Waals surface area contributed by atoms with E-state index >= 15 is 0 Å². The van der Waals surface area contributed by atoms with E-state index in [1.54, 1.807) is 7.05 Å². The van der Waals surface area contributed by atoms with E-state index in [4.69, 9.17) is 15.1 Å². The molecule has 0 aromatic carbocycles. The van der Waals surface area contributed by atoms with Crippen LogP contribution < -0.4 is 11.2 Å². The normalized spacial score (nSPS) is 21.0. The molecule has 1 aromatic heterocycles. The van der Waals surface area contributed by atoms with E-state index in [9.17, 15) is 0 Å². The van der Waals surface area contributed by atoms with Crippen LogP contribution in [-0.4, -0.2) is 49.2 Å². The lowest BCUT2D eigenvalue weighted by molar-refractivity contribution is -0.0800. The molecule has 21 heavy (non-hydrogen) atoms. The van der Waals surface area contributed by atoms with Crippen molar-refractivity contribution in [3.05, 3.63) is 23.7 Å². The molecular formula is C13H23N5O2S.